The number of thioether (sulfide) groups is 1. The molecule has 0 aliphatic carbocycles. The second kappa shape index (κ2) is 3.50. The summed E-state index contributed by atoms with van der Waals surface area (Å²) in [6.07, 6.45) is 2.70. The zero-order chi connectivity index (χ0) is 6.53. The summed E-state index contributed by atoms with van der Waals surface area (Å²) in [6, 6.07) is 0. The lowest BCUT2D eigenvalue weighted by Crippen LogP contribution is -1.77. The van der Waals surface area contributed by atoms with Crippen molar-refractivity contribution in [2.24, 2.45) is 0 Å². The van der Waals surface area contributed by atoms with Gasteiger partial charge < -0.3 is 0 Å². The Hall–Kier alpha value is -0.510. The third-order valence-corrected chi connectivity index (χ3v) is 1.92. The maximum absolute atomic E-state index is 3.95. The molecule has 4 heteroatoms. The second-order valence-electron chi connectivity index (χ2n) is 1.64. The van der Waals surface area contributed by atoms with Crippen LogP contribution in [0.2, 0.25) is 0 Å². The third-order valence-electron chi connectivity index (χ3n) is 0.836. The minimum Gasteiger partial charge on any atom is -0.254 e. The van der Waals surface area contributed by atoms with E-state index in [-0.39, 0.29) is 0 Å². The molecular formula is C5H9N3S. The van der Waals surface area contributed by atoms with E-state index >= 15 is 0 Å². The molecule has 0 bridgehead atoms. The molecule has 0 saturated heterocycles. The number of hydrogen-bond donors (Lipinski definition) is 1. The van der Waals surface area contributed by atoms with Gasteiger partial charge in [0.15, 0.2) is 5.16 Å². The maximum Gasteiger partial charge on any atom is 0.183 e. The van der Waals surface area contributed by atoms with Crippen molar-refractivity contribution in [2.75, 3.05) is 5.75 Å². The van der Waals surface area contributed by atoms with Gasteiger partial charge >= 0.3 is 0 Å². The molecule has 0 aliphatic rings. The summed E-state index contributed by atoms with van der Waals surface area (Å²) in [4.78, 5) is 3.95. The molecule has 0 aliphatic heterocycles. The summed E-state index contributed by atoms with van der Waals surface area (Å²) in [7, 11) is 0. The summed E-state index contributed by atoms with van der Waals surface area (Å²) < 4.78 is 0. The SMILES string of the molecule is CCCSc1ncn[nH]1. The van der Waals surface area contributed by atoms with Gasteiger partial charge in [0.1, 0.15) is 6.33 Å². The molecule has 0 saturated carbocycles. The Labute approximate surface area is 58.3 Å². The third kappa shape index (κ3) is 2.05. The van der Waals surface area contributed by atoms with Crippen LogP contribution in [0.25, 0.3) is 0 Å². The van der Waals surface area contributed by atoms with Crippen LogP contribution in [0.4, 0.5) is 0 Å². The highest BCUT2D eigenvalue weighted by atomic mass is 32.2. The quantitative estimate of drug-likeness (QED) is 0.648. The standard InChI is InChI=1S/C5H9N3S/c1-2-3-9-5-6-4-7-8-5/h4H,2-3H2,1H3,(H,6,7,8). The van der Waals surface area contributed by atoms with Crippen LogP contribution in [-0.2, 0) is 0 Å². The van der Waals surface area contributed by atoms with Crippen LogP contribution in [0.1, 0.15) is 13.3 Å². The van der Waals surface area contributed by atoms with Crippen LogP contribution >= 0.6 is 11.8 Å². The van der Waals surface area contributed by atoms with E-state index in [1.54, 1.807) is 11.8 Å². The van der Waals surface area contributed by atoms with Crippen LogP contribution in [0.5, 0.6) is 0 Å². The van der Waals surface area contributed by atoms with Crippen LogP contribution in [0.15, 0.2) is 11.5 Å². The summed E-state index contributed by atoms with van der Waals surface area (Å²) in [6.45, 7) is 2.14. The van der Waals surface area contributed by atoms with Gasteiger partial charge in [0.25, 0.3) is 0 Å². The fourth-order valence-corrected chi connectivity index (χ4v) is 1.10. The lowest BCUT2D eigenvalue weighted by Gasteiger charge is -1.88. The molecule has 3 nitrogen and oxygen atoms in total. The number of aromatic amines is 1. The second-order valence-corrected chi connectivity index (χ2v) is 2.72. The Morgan fingerprint density at radius 3 is 3.22 bits per heavy atom. The summed E-state index contributed by atoms with van der Waals surface area (Å²) in [5.74, 6) is 1.11. The van der Waals surface area contributed by atoms with Crippen LogP contribution < -0.4 is 0 Å². The number of hydrogen-bond acceptors (Lipinski definition) is 3. The molecule has 50 valence electrons. The van der Waals surface area contributed by atoms with Gasteiger partial charge in [-0.25, -0.2) is 4.98 Å². The van der Waals surface area contributed by atoms with Crippen LogP contribution in [-0.4, -0.2) is 20.9 Å². The van der Waals surface area contributed by atoms with Crippen molar-refractivity contribution in [3.8, 4) is 0 Å². The van der Waals surface area contributed by atoms with Crippen molar-refractivity contribution >= 4 is 11.8 Å². The first-order chi connectivity index (χ1) is 4.43. The number of nitrogens with zero attached hydrogens (tertiary/aromatic N) is 2. The van der Waals surface area contributed by atoms with Gasteiger partial charge in [-0.2, -0.15) is 5.10 Å². The van der Waals surface area contributed by atoms with Crippen LogP contribution in [0.3, 0.4) is 0 Å². The molecule has 0 radical (unpaired) electrons. The van der Waals surface area contributed by atoms with E-state index in [1.165, 1.54) is 12.7 Å². The summed E-state index contributed by atoms with van der Waals surface area (Å²) in [5.41, 5.74) is 0. The molecule has 0 aromatic carbocycles. The van der Waals surface area contributed by atoms with E-state index in [9.17, 15) is 0 Å². The van der Waals surface area contributed by atoms with E-state index in [1.807, 2.05) is 0 Å². The smallest absolute Gasteiger partial charge is 0.183 e. The fourth-order valence-electron chi connectivity index (χ4n) is 0.463. The minimum atomic E-state index is 0.914. The number of nitrogens with one attached hydrogen (secondary N) is 1. The monoisotopic (exact) mass is 143 g/mol. The molecule has 0 atom stereocenters. The van der Waals surface area contributed by atoms with Crippen molar-refractivity contribution in [3.05, 3.63) is 6.33 Å². The molecule has 9 heavy (non-hydrogen) atoms. The Morgan fingerprint density at radius 2 is 2.67 bits per heavy atom. The molecule has 0 spiro atoms. The fraction of sp³-hybridized carbons (Fsp3) is 0.600. The molecule has 0 fully saturated rings. The highest BCUT2D eigenvalue weighted by Crippen LogP contribution is 2.10. The largest absolute Gasteiger partial charge is 0.254 e. The van der Waals surface area contributed by atoms with Gasteiger partial charge in [-0.1, -0.05) is 18.7 Å². The van der Waals surface area contributed by atoms with Gasteiger partial charge in [-0.15, -0.1) is 0 Å². The normalized spacial score (nSPS) is 9.89. The first-order valence-corrected chi connectivity index (χ1v) is 3.90. The highest BCUT2D eigenvalue weighted by Gasteiger charge is 1.91. The van der Waals surface area contributed by atoms with E-state index in [2.05, 4.69) is 22.1 Å². The summed E-state index contributed by atoms with van der Waals surface area (Å²) in [5, 5.41) is 7.41. The van der Waals surface area contributed by atoms with E-state index in [4.69, 9.17) is 0 Å². The molecule has 1 aromatic heterocycles. The predicted molar refractivity (Wildman–Crippen MR) is 37.4 cm³/mol. The van der Waals surface area contributed by atoms with E-state index in [0.29, 0.717) is 0 Å². The van der Waals surface area contributed by atoms with Crippen molar-refractivity contribution in [1.29, 1.82) is 0 Å². The molecule has 1 rings (SSSR count). The van der Waals surface area contributed by atoms with Crippen LogP contribution in [0, 0.1) is 0 Å². The van der Waals surface area contributed by atoms with Gasteiger partial charge in [-0.05, 0) is 6.42 Å². The Morgan fingerprint density at radius 1 is 1.78 bits per heavy atom. The lowest BCUT2D eigenvalue weighted by molar-refractivity contribution is 0.968. The topological polar surface area (TPSA) is 41.6 Å². The van der Waals surface area contributed by atoms with E-state index in [0.717, 1.165) is 10.9 Å². The maximum atomic E-state index is 3.95. The zero-order valence-electron chi connectivity index (χ0n) is 5.29. The van der Waals surface area contributed by atoms with Gasteiger partial charge in [-0.3, -0.25) is 5.10 Å². The molecule has 1 heterocycles. The Kier molecular flexibility index (Phi) is 2.57. The highest BCUT2D eigenvalue weighted by molar-refractivity contribution is 7.99. The average Bonchev–Trinajstić information content (AvgIpc) is 2.34. The van der Waals surface area contributed by atoms with Crippen molar-refractivity contribution in [1.82, 2.24) is 15.2 Å². The molecule has 1 aromatic rings. The molecule has 1 N–H and O–H groups in total. The lowest BCUT2D eigenvalue weighted by atomic mass is 10.6. The number of aromatic nitrogens is 3. The first-order valence-electron chi connectivity index (χ1n) is 2.91. The molecule has 0 unspecified atom stereocenters. The van der Waals surface area contributed by atoms with Crippen molar-refractivity contribution < 1.29 is 0 Å². The van der Waals surface area contributed by atoms with Crippen molar-refractivity contribution in [2.45, 2.75) is 18.5 Å². The van der Waals surface area contributed by atoms with Gasteiger partial charge in [0, 0.05) is 5.75 Å². The predicted octanol–water partition coefficient (Wildman–Crippen LogP) is 1.31. The molecular weight excluding hydrogens is 134 g/mol. The zero-order valence-corrected chi connectivity index (χ0v) is 6.11. The van der Waals surface area contributed by atoms with Crippen molar-refractivity contribution in [3.63, 3.8) is 0 Å². The molecule has 0 amide bonds. The Bertz CT molecular complexity index is 149. The van der Waals surface area contributed by atoms with Gasteiger partial charge in [0.2, 0.25) is 0 Å². The number of H-pyrrole nitrogens is 1. The first kappa shape index (κ1) is 6.61. The minimum absolute atomic E-state index is 0.914. The average molecular weight is 143 g/mol. The van der Waals surface area contributed by atoms with Gasteiger partial charge in [0.05, 0.1) is 0 Å². The van der Waals surface area contributed by atoms with E-state index < -0.39 is 0 Å². The number of rotatable bonds is 3. The summed E-state index contributed by atoms with van der Waals surface area (Å²) >= 11 is 1.70. The Balaban J connectivity index is 2.30.